The summed E-state index contributed by atoms with van der Waals surface area (Å²) in [5, 5.41) is 3.63. The van der Waals surface area contributed by atoms with Crippen LogP contribution in [-0.4, -0.2) is 16.1 Å². The molecule has 3 nitrogen and oxygen atoms in total. The molecule has 0 aliphatic heterocycles. The molecule has 0 amide bonds. The number of aryl methyl sites for hydroxylation is 3. The van der Waals surface area contributed by atoms with Crippen molar-refractivity contribution >= 4 is 0 Å². The molecule has 1 atom stereocenters. The van der Waals surface area contributed by atoms with Gasteiger partial charge < -0.3 is 9.88 Å². The van der Waals surface area contributed by atoms with E-state index in [0.29, 0.717) is 6.04 Å². The molecular weight excluding hydrogens is 258 g/mol. The quantitative estimate of drug-likeness (QED) is 0.838. The van der Waals surface area contributed by atoms with Crippen molar-refractivity contribution in [3.8, 4) is 0 Å². The molecule has 0 radical (unpaired) electrons. The van der Waals surface area contributed by atoms with Crippen molar-refractivity contribution in [2.24, 2.45) is 0 Å². The van der Waals surface area contributed by atoms with Gasteiger partial charge in [0.15, 0.2) is 0 Å². The summed E-state index contributed by atoms with van der Waals surface area (Å²) in [6, 6.07) is 6.86. The molecule has 0 spiro atoms. The molecule has 1 aromatic carbocycles. The molecule has 2 aromatic rings. The van der Waals surface area contributed by atoms with E-state index < -0.39 is 0 Å². The highest BCUT2D eigenvalue weighted by molar-refractivity contribution is 5.36. The van der Waals surface area contributed by atoms with E-state index in [1.54, 1.807) is 0 Å². The first kappa shape index (κ1) is 15.8. The Balaban J connectivity index is 2.29. The van der Waals surface area contributed by atoms with Crippen LogP contribution in [0.15, 0.2) is 30.6 Å². The zero-order valence-electron chi connectivity index (χ0n) is 13.7. The number of imidazole rings is 1. The normalized spacial score (nSPS) is 12.6. The van der Waals surface area contributed by atoms with Gasteiger partial charge in [0.2, 0.25) is 0 Å². The maximum absolute atomic E-state index is 4.56. The van der Waals surface area contributed by atoms with E-state index in [2.05, 4.69) is 67.0 Å². The van der Waals surface area contributed by atoms with Gasteiger partial charge in [0.1, 0.15) is 5.82 Å². The van der Waals surface area contributed by atoms with E-state index in [0.717, 1.165) is 25.9 Å². The Bertz CT molecular complexity index is 551. The first-order chi connectivity index (χ1) is 10.2. The molecule has 0 saturated heterocycles. The lowest BCUT2D eigenvalue weighted by Gasteiger charge is -2.22. The van der Waals surface area contributed by atoms with Gasteiger partial charge in [0, 0.05) is 31.4 Å². The second-order valence-corrected chi connectivity index (χ2v) is 5.66. The third kappa shape index (κ3) is 3.73. The number of benzene rings is 1. The Morgan fingerprint density at radius 3 is 2.52 bits per heavy atom. The van der Waals surface area contributed by atoms with Gasteiger partial charge in [0.05, 0.1) is 0 Å². The maximum atomic E-state index is 4.56. The molecule has 21 heavy (non-hydrogen) atoms. The molecule has 0 aliphatic rings. The fraction of sp³-hybridized carbons (Fsp3) is 0.500. The molecule has 1 N–H and O–H groups in total. The summed E-state index contributed by atoms with van der Waals surface area (Å²) in [7, 11) is 0. The minimum absolute atomic E-state index is 0.328. The van der Waals surface area contributed by atoms with Gasteiger partial charge in [-0.15, -0.1) is 0 Å². The van der Waals surface area contributed by atoms with Crippen LogP contribution in [0.25, 0.3) is 0 Å². The van der Waals surface area contributed by atoms with Gasteiger partial charge in [-0.1, -0.05) is 32.0 Å². The van der Waals surface area contributed by atoms with Crippen LogP contribution in [-0.2, 0) is 13.0 Å². The molecule has 114 valence electrons. The van der Waals surface area contributed by atoms with Crippen molar-refractivity contribution in [2.45, 2.75) is 53.1 Å². The van der Waals surface area contributed by atoms with Gasteiger partial charge in [-0.25, -0.2) is 4.98 Å². The van der Waals surface area contributed by atoms with Crippen LogP contribution in [0.3, 0.4) is 0 Å². The summed E-state index contributed by atoms with van der Waals surface area (Å²) in [4.78, 5) is 4.56. The predicted octanol–water partition coefficient (Wildman–Crippen LogP) is 3.80. The molecule has 1 heterocycles. The molecule has 0 bridgehead atoms. The topological polar surface area (TPSA) is 29.9 Å². The van der Waals surface area contributed by atoms with E-state index >= 15 is 0 Å². The smallest absolute Gasteiger partial charge is 0.110 e. The molecule has 0 aliphatic carbocycles. The number of rotatable bonds is 7. The largest absolute Gasteiger partial charge is 0.335 e. The van der Waals surface area contributed by atoms with Crippen LogP contribution in [0, 0.1) is 13.8 Å². The Hall–Kier alpha value is -1.61. The van der Waals surface area contributed by atoms with Crippen molar-refractivity contribution in [1.82, 2.24) is 14.9 Å². The van der Waals surface area contributed by atoms with Crippen molar-refractivity contribution in [1.29, 1.82) is 0 Å². The summed E-state index contributed by atoms with van der Waals surface area (Å²) >= 11 is 0. The number of nitrogens with zero attached hydrogens (tertiary/aromatic N) is 2. The Morgan fingerprint density at radius 2 is 1.90 bits per heavy atom. The molecule has 1 aromatic heterocycles. The van der Waals surface area contributed by atoms with E-state index in [9.17, 15) is 0 Å². The summed E-state index contributed by atoms with van der Waals surface area (Å²) in [6.07, 6.45) is 6.08. The Morgan fingerprint density at radius 1 is 1.19 bits per heavy atom. The molecule has 1 unspecified atom stereocenters. The van der Waals surface area contributed by atoms with Gasteiger partial charge in [-0.3, -0.25) is 0 Å². The number of aromatic nitrogens is 2. The van der Waals surface area contributed by atoms with E-state index in [4.69, 9.17) is 0 Å². The monoisotopic (exact) mass is 285 g/mol. The van der Waals surface area contributed by atoms with E-state index in [1.165, 1.54) is 22.5 Å². The number of hydrogen-bond acceptors (Lipinski definition) is 2. The molecule has 2 rings (SSSR count). The van der Waals surface area contributed by atoms with Crippen LogP contribution < -0.4 is 5.32 Å². The maximum Gasteiger partial charge on any atom is 0.110 e. The van der Waals surface area contributed by atoms with Gasteiger partial charge in [-0.2, -0.15) is 0 Å². The zero-order valence-corrected chi connectivity index (χ0v) is 13.7. The Kier molecular flexibility index (Phi) is 5.57. The van der Waals surface area contributed by atoms with Crippen molar-refractivity contribution in [2.75, 3.05) is 6.54 Å². The molecule has 3 heteroatoms. The molecule has 0 fully saturated rings. The van der Waals surface area contributed by atoms with E-state index in [1.807, 2.05) is 6.20 Å². The van der Waals surface area contributed by atoms with Crippen LogP contribution >= 0.6 is 0 Å². The van der Waals surface area contributed by atoms with Crippen molar-refractivity contribution in [3.63, 3.8) is 0 Å². The number of nitrogens with one attached hydrogen (secondary N) is 1. The summed E-state index contributed by atoms with van der Waals surface area (Å²) in [5.41, 5.74) is 4.13. The summed E-state index contributed by atoms with van der Waals surface area (Å²) in [6.45, 7) is 10.8. The third-order valence-corrected chi connectivity index (χ3v) is 3.99. The first-order valence-electron chi connectivity index (χ1n) is 7.96. The third-order valence-electron chi connectivity index (χ3n) is 3.99. The van der Waals surface area contributed by atoms with Crippen LogP contribution in [0.2, 0.25) is 0 Å². The molecule has 0 saturated carbocycles. The van der Waals surface area contributed by atoms with Crippen molar-refractivity contribution < 1.29 is 0 Å². The number of likely N-dealkylation sites (N-methyl/N-ethyl adjacent to an activating group) is 1. The zero-order chi connectivity index (χ0) is 15.2. The highest BCUT2D eigenvalue weighted by Gasteiger charge is 2.18. The lowest BCUT2D eigenvalue weighted by Crippen LogP contribution is -2.26. The lowest BCUT2D eigenvalue weighted by molar-refractivity contribution is 0.512. The van der Waals surface area contributed by atoms with Gasteiger partial charge in [0.25, 0.3) is 0 Å². The van der Waals surface area contributed by atoms with Crippen molar-refractivity contribution in [3.05, 3.63) is 53.1 Å². The van der Waals surface area contributed by atoms with Crippen LogP contribution in [0.4, 0.5) is 0 Å². The van der Waals surface area contributed by atoms with E-state index in [-0.39, 0.29) is 0 Å². The fourth-order valence-electron chi connectivity index (χ4n) is 3.06. The highest BCUT2D eigenvalue weighted by atomic mass is 15.1. The first-order valence-corrected chi connectivity index (χ1v) is 7.96. The predicted molar refractivity (Wildman–Crippen MR) is 88.6 cm³/mol. The molecular formula is C18H27N3. The summed E-state index contributed by atoms with van der Waals surface area (Å²) < 4.78 is 2.28. The van der Waals surface area contributed by atoms with Gasteiger partial charge >= 0.3 is 0 Å². The minimum atomic E-state index is 0.328. The van der Waals surface area contributed by atoms with Crippen LogP contribution in [0.5, 0.6) is 0 Å². The average Bonchev–Trinajstić information content (AvgIpc) is 2.86. The second-order valence-electron chi connectivity index (χ2n) is 5.66. The van der Waals surface area contributed by atoms with Gasteiger partial charge in [-0.05, 0) is 43.5 Å². The highest BCUT2D eigenvalue weighted by Crippen LogP contribution is 2.24. The fourth-order valence-corrected chi connectivity index (χ4v) is 3.06. The average molecular weight is 285 g/mol. The van der Waals surface area contributed by atoms with Crippen LogP contribution in [0.1, 0.15) is 48.8 Å². The minimum Gasteiger partial charge on any atom is -0.335 e. The SMILES string of the molecule is CCCn1ccnc1CC(NCC)c1c(C)cccc1C. The lowest BCUT2D eigenvalue weighted by atomic mass is 9.94. The Labute approximate surface area is 128 Å². The summed E-state index contributed by atoms with van der Waals surface area (Å²) in [5.74, 6) is 1.17. The number of hydrogen-bond donors (Lipinski definition) is 1. The standard InChI is InChI=1S/C18H27N3/c1-5-11-21-12-10-20-17(21)13-16(19-6-2)18-14(3)8-7-9-15(18)4/h7-10,12,16,19H,5-6,11,13H2,1-4H3. The second kappa shape index (κ2) is 7.41.